The fourth-order valence-electron chi connectivity index (χ4n) is 5.38. The zero-order valence-electron chi connectivity index (χ0n) is 27.1. The summed E-state index contributed by atoms with van der Waals surface area (Å²) in [7, 11) is 9.53. The van der Waals surface area contributed by atoms with Gasteiger partial charge in [-0.2, -0.15) is 0 Å². The number of aryl methyl sites for hydroxylation is 4. The summed E-state index contributed by atoms with van der Waals surface area (Å²) in [6, 6.07) is 31.4. The van der Waals surface area contributed by atoms with Gasteiger partial charge >= 0.3 is 33.3 Å². The molecule has 0 saturated heterocycles. The zero-order valence-corrected chi connectivity index (χ0v) is 29.7. The molecule has 45 heavy (non-hydrogen) atoms. The van der Waals surface area contributed by atoms with Crippen molar-refractivity contribution in [2.24, 2.45) is 9.98 Å². The SMILES string of the molecule is Cc1cc(C)c(C)c(N=C(c2ccccc2)c2cccc(C(=Nc3c(C)c(C)cc(C)c3C)c3ccccc3)n2)c1C.[Cl][Fe][Cl]. The predicted octanol–water partition coefficient (Wildman–Crippen LogP) is 11.3. The van der Waals surface area contributed by atoms with Crippen LogP contribution in [0.3, 0.4) is 0 Å². The Morgan fingerprint density at radius 2 is 0.800 bits per heavy atom. The Balaban J connectivity index is 0.00000148. The Morgan fingerprint density at radius 3 is 1.11 bits per heavy atom. The van der Waals surface area contributed by atoms with E-state index in [4.69, 9.17) is 35.2 Å². The van der Waals surface area contributed by atoms with Crippen molar-refractivity contribution in [3.8, 4) is 0 Å². The van der Waals surface area contributed by atoms with Crippen LogP contribution >= 0.6 is 20.2 Å². The summed E-state index contributed by atoms with van der Waals surface area (Å²) in [6.07, 6.45) is 0. The summed E-state index contributed by atoms with van der Waals surface area (Å²) in [4.78, 5) is 16.0. The monoisotopic (exact) mass is 675 g/mol. The molecule has 0 unspecified atom stereocenters. The van der Waals surface area contributed by atoms with Crippen LogP contribution in [0.25, 0.3) is 0 Å². The van der Waals surface area contributed by atoms with Gasteiger partial charge in [-0.3, -0.25) is 0 Å². The van der Waals surface area contributed by atoms with Crippen molar-refractivity contribution in [3.63, 3.8) is 0 Å². The molecule has 6 heteroatoms. The molecule has 1 aromatic heterocycles. The summed E-state index contributed by atoms with van der Waals surface area (Å²) in [6.45, 7) is 17.2. The first-order valence-electron chi connectivity index (χ1n) is 14.8. The van der Waals surface area contributed by atoms with E-state index in [2.05, 4.69) is 134 Å². The van der Waals surface area contributed by atoms with Crippen molar-refractivity contribution >= 4 is 43.0 Å². The van der Waals surface area contributed by atoms with Crippen LogP contribution in [-0.4, -0.2) is 16.4 Å². The van der Waals surface area contributed by atoms with Crippen LogP contribution in [0, 0.1) is 55.4 Å². The normalized spacial score (nSPS) is 11.8. The first-order chi connectivity index (χ1) is 21.6. The summed E-state index contributed by atoms with van der Waals surface area (Å²) in [5.41, 5.74) is 17.1. The average Bonchev–Trinajstić information content (AvgIpc) is 3.04. The molecule has 1 heterocycles. The number of hydrogen-bond acceptors (Lipinski definition) is 3. The van der Waals surface area contributed by atoms with Crippen LogP contribution in [0.2, 0.25) is 0 Å². The standard InChI is InChI=1S/C39H39N3.2ClH.Fe/c1-24-22-25(2)29(6)36(28(24)5)41-38(32-16-11-9-12-17-32)34-20-15-21-35(40-34)39(33-18-13-10-14-19-33)42-37-30(7)26(3)23-27(4)31(37)8;;;/h9-23H,1-8H3;2*1H;/q;;;+2/p-2. The van der Waals surface area contributed by atoms with Gasteiger partial charge in [-0.05, 0) is 112 Å². The number of benzene rings is 4. The maximum absolute atomic E-state index is 5.34. The van der Waals surface area contributed by atoms with Gasteiger partial charge in [0.1, 0.15) is 0 Å². The molecule has 5 rings (SSSR count). The van der Waals surface area contributed by atoms with Crippen LogP contribution in [0.5, 0.6) is 0 Å². The molecule has 0 aliphatic rings. The van der Waals surface area contributed by atoms with E-state index in [1.54, 1.807) is 0 Å². The molecule has 3 nitrogen and oxygen atoms in total. The van der Waals surface area contributed by atoms with Gasteiger partial charge in [-0.1, -0.05) is 78.9 Å². The molecule has 0 atom stereocenters. The average molecular weight is 677 g/mol. The van der Waals surface area contributed by atoms with E-state index in [0.29, 0.717) is 0 Å². The van der Waals surface area contributed by atoms with Crippen molar-refractivity contribution in [1.29, 1.82) is 0 Å². The molecule has 0 radical (unpaired) electrons. The molecule has 0 aliphatic carbocycles. The molecule has 0 saturated carbocycles. The molecule has 0 aliphatic heterocycles. The van der Waals surface area contributed by atoms with Gasteiger partial charge in [-0.15, -0.1) is 0 Å². The van der Waals surface area contributed by atoms with E-state index < -0.39 is 0 Å². The topological polar surface area (TPSA) is 37.6 Å². The molecule has 5 aromatic rings. The summed E-state index contributed by atoms with van der Waals surface area (Å²) in [5, 5.41) is 0. The maximum atomic E-state index is 5.34. The van der Waals surface area contributed by atoms with Crippen LogP contribution in [0.1, 0.15) is 67.0 Å². The van der Waals surface area contributed by atoms with E-state index in [0.717, 1.165) is 45.3 Å². The van der Waals surface area contributed by atoms with Gasteiger partial charge < -0.3 is 0 Å². The molecular weight excluding hydrogens is 637 g/mol. The number of aromatic nitrogens is 1. The molecule has 0 N–H and O–H groups in total. The van der Waals surface area contributed by atoms with Gasteiger partial charge in [-0.25, -0.2) is 15.0 Å². The van der Waals surface area contributed by atoms with Gasteiger partial charge in [0.15, 0.2) is 0 Å². The number of halogens is 2. The van der Waals surface area contributed by atoms with Crippen LogP contribution in [0.4, 0.5) is 11.4 Å². The number of pyridine rings is 1. The summed E-state index contributed by atoms with van der Waals surface area (Å²) < 4.78 is 0. The van der Waals surface area contributed by atoms with E-state index in [9.17, 15) is 0 Å². The van der Waals surface area contributed by atoms with Gasteiger partial charge in [0.25, 0.3) is 0 Å². The Labute approximate surface area is 283 Å². The minimum absolute atomic E-state index is 0.194. The first-order valence-corrected chi connectivity index (χ1v) is 17.9. The van der Waals surface area contributed by atoms with Crippen molar-refractivity contribution in [2.45, 2.75) is 55.4 Å². The molecule has 0 amide bonds. The summed E-state index contributed by atoms with van der Waals surface area (Å²) in [5.74, 6) is 0. The zero-order chi connectivity index (χ0) is 32.7. The third-order valence-corrected chi connectivity index (χ3v) is 8.43. The molecule has 0 spiro atoms. The summed E-state index contributed by atoms with van der Waals surface area (Å²) >= 11 is 0.194. The Morgan fingerprint density at radius 1 is 0.489 bits per heavy atom. The quantitative estimate of drug-likeness (QED) is 0.130. The fraction of sp³-hybridized carbons (Fsp3) is 0.205. The molecule has 0 bridgehead atoms. The van der Waals surface area contributed by atoms with Crippen LogP contribution in [-0.2, 0) is 13.1 Å². The second-order valence-corrected chi connectivity index (χ2v) is 13.2. The molecule has 0 fully saturated rings. The Hall–Kier alpha value is -3.53. The van der Waals surface area contributed by atoms with Crippen LogP contribution < -0.4 is 0 Å². The number of nitrogens with zero attached hydrogens (tertiary/aromatic N) is 3. The molecular formula is C39H39Cl2FeN3. The third-order valence-electron chi connectivity index (χ3n) is 8.43. The van der Waals surface area contributed by atoms with E-state index in [1.165, 1.54) is 44.5 Å². The predicted molar refractivity (Wildman–Crippen MR) is 190 cm³/mol. The Bertz CT molecular complexity index is 1680. The number of aliphatic imine (C=N–C) groups is 2. The van der Waals surface area contributed by atoms with Crippen molar-refractivity contribution < 1.29 is 13.1 Å². The van der Waals surface area contributed by atoms with Crippen molar-refractivity contribution in [1.82, 2.24) is 4.98 Å². The molecule has 4 aromatic carbocycles. The second-order valence-electron chi connectivity index (χ2n) is 11.3. The number of rotatable bonds is 6. The van der Waals surface area contributed by atoms with Gasteiger partial charge in [0.2, 0.25) is 0 Å². The second kappa shape index (κ2) is 15.7. The first kappa shape index (κ1) is 34.3. The van der Waals surface area contributed by atoms with Crippen molar-refractivity contribution in [2.75, 3.05) is 0 Å². The van der Waals surface area contributed by atoms with Crippen LogP contribution in [0.15, 0.2) is 101 Å². The van der Waals surface area contributed by atoms with E-state index in [1.807, 2.05) is 12.1 Å². The van der Waals surface area contributed by atoms with Gasteiger partial charge in [0.05, 0.1) is 34.2 Å². The third kappa shape index (κ3) is 8.01. The molecule has 232 valence electrons. The minimum atomic E-state index is 0.194. The number of hydrogen-bond donors (Lipinski definition) is 0. The Kier molecular flexibility index (Phi) is 11.9. The van der Waals surface area contributed by atoms with Gasteiger partial charge in [0, 0.05) is 11.1 Å². The van der Waals surface area contributed by atoms with Crippen molar-refractivity contribution in [3.05, 3.63) is 158 Å². The van der Waals surface area contributed by atoms with E-state index in [-0.39, 0.29) is 13.1 Å². The fourth-order valence-corrected chi connectivity index (χ4v) is 5.38. The van der Waals surface area contributed by atoms with E-state index >= 15 is 0 Å².